The monoisotopic (exact) mass is 364 g/mol. The van der Waals surface area contributed by atoms with Gasteiger partial charge >= 0.3 is 0 Å². The second kappa shape index (κ2) is 7.63. The summed E-state index contributed by atoms with van der Waals surface area (Å²) in [6.07, 6.45) is 1.45. The Balaban J connectivity index is 2.17. The molecule has 0 aliphatic heterocycles. The molecule has 0 unspecified atom stereocenters. The fourth-order valence-electron chi connectivity index (χ4n) is 2.09. The summed E-state index contributed by atoms with van der Waals surface area (Å²) in [6.45, 7) is 5.34. The second-order valence-corrected chi connectivity index (χ2v) is 7.00. The molecular weight excluding hydrogens is 348 g/mol. The van der Waals surface area contributed by atoms with Crippen molar-refractivity contribution >= 4 is 41.0 Å². The first-order chi connectivity index (χ1) is 11.3. The van der Waals surface area contributed by atoms with Crippen LogP contribution in [0.25, 0.3) is 0 Å². The van der Waals surface area contributed by atoms with Gasteiger partial charge in [-0.3, -0.25) is 9.59 Å². The lowest BCUT2D eigenvalue weighted by atomic mass is 10.1. The first-order valence-electron chi connectivity index (χ1n) is 7.15. The van der Waals surface area contributed by atoms with E-state index in [1.807, 2.05) is 6.92 Å². The number of anilines is 1. The van der Waals surface area contributed by atoms with Crippen LogP contribution < -0.4 is 11.1 Å². The normalized spacial score (nSPS) is 11.8. The number of nitrogens with two attached hydrogens (primary N) is 1. The second-order valence-electron chi connectivity index (χ2n) is 5.24. The number of aryl methyl sites for hydroxylation is 2. The van der Waals surface area contributed by atoms with Gasteiger partial charge in [-0.1, -0.05) is 23.4 Å². The predicted octanol–water partition coefficient (Wildman–Crippen LogP) is 2.97. The highest BCUT2D eigenvalue weighted by Crippen LogP contribution is 2.28. The lowest BCUT2D eigenvalue weighted by molar-refractivity contribution is -0.115. The lowest BCUT2D eigenvalue weighted by Gasteiger charge is -2.14. The van der Waals surface area contributed by atoms with Crippen molar-refractivity contribution in [1.82, 2.24) is 9.97 Å². The van der Waals surface area contributed by atoms with Crippen LogP contribution in [0.4, 0.5) is 5.82 Å². The van der Waals surface area contributed by atoms with Gasteiger partial charge in [0.05, 0.1) is 15.8 Å². The molecule has 126 valence electrons. The predicted molar refractivity (Wildman–Crippen MR) is 95.4 cm³/mol. The number of thioether (sulfide) groups is 1. The SMILES string of the molecule is Cc1cc(C)c(C(N)=O)c(S[C@@H](C)C(=O)Nc2ccc(Cl)cn2)n1. The first-order valence-corrected chi connectivity index (χ1v) is 8.41. The minimum absolute atomic E-state index is 0.258. The number of hydrogen-bond acceptors (Lipinski definition) is 5. The molecular formula is C16H17ClN4O2S. The van der Waals surface area contributed by atoms with Gasteiger partial charge < -0.3 is 11.1 Å². The number of aromatic nitrogens is 2. The van der Waals surface area contributed by atoms with Gasteiger partial charge in [0, 0.05) is 11.9 Å². The Bertz CT molecular complexity index is 780. The molecule has 3 N–H and O–H groups in total. The van der Waals surface area contributed by atoms with Gasteiger partial charge in [0.2, 0.25) is 5.91 Å². The van der Waals surface area contributed by atoms with E-state index in [2.05, 4.69) is 15.3 Å². The molecule has 0 aromatic carbocycles. The summed E-state index contributed by atoms with van der Waals surface area (Å²) in [5, 5.41) is 3.14. The Hall–Kier alpha value is -2.12. The number of amides is 2. The molecule has 0 aliphatic carbocycles. The lowest BCUT2D eigenvalue weighted by Crippen LogP contribution is -2.24. The maximum absolute atomic E-state index is 12.3. The smallest absolute Gasteiger partial charge is 0.251 e. The average Bonchev–Trinajstić information content (AvgIpc) is 2.48. The van der Waals surface area contributed by atoms with Crippen LogP contribution in [0.5, 0.6) is 0 Å². The molecule has 0 fully saturated rings. The molecule has 2 rings (SSSR count). The van der Waals surface area contributed by atoms with Crippen LogP contribution in [0.1, 0.15) is 28.5 Å². The number of halogens is 1. The van der Waals surface area contributed by atoms with Crippen molar-refractivity contribution < 1.29 is 9.59 Å². The van der Waals surface area contributed by atoms with Gasteiger partial charge in [-0.25, -0.2) is 9.97 Å². The number of nitrogens with zero attached hydrogens (tertiary/aromatic N) is 2. The molecule has 1 atom stereocenters. The molecule has 0 bridgehead atoms. The number of nitrogens with one attached hydrogen (secondary N) is 1. The summed E-state index contributed by atoms with van der Waals surface area (Å²) in [7, 11) is 0. The molecule has 2 amide bonds. The van der Waals surface area contributed by atoms with Crippen molar-refractivity contribution in [2.75, 3.05) is 5.32 Å². The third-order valence-electron chi connectivity index (χ3n) is 3.19. The van der Waals surface area contributed by atoms with E-state index in [0.717, 1.165) is 11.3 Å². The zero-order valence-electron chi connectivity index (χ0n) is 13.5. The van der Waals surface area contributed by atoms with E-state index in [0.29, 0.717) is 21.4 Å². The summed E-state index contributed by atoms with van der Waals surface area (Å²) in [4.78, 5) is 32.3. The van der Waals surface area contributed by atoms with Crippen molar-refractivity contribution in [3.05, 3.63) is 46.2 Å². The van der Waals surface area contributed by atoms with Crippen LogP contribution >= 0.6 is 23.4 Å². The summed E-state index contributed by atoms with van der Waals surface area (Å²) in [6, 6.07) is 5.03. The van der Waals surface area contributed by atoms with E-state index < -0.39 is 11.2 Å². The van der Waals surface area contributed by atoms with Crippen LogP contribution in [0, 0.1) is 13.8 Å². The Labute approximate surface area is 149 Å². The highest BCUT2D eigenvalue weighted by atomic mass is 35.5. The largest absolute Gasteiger partial charge is 0.366 e. The van der Waals surface area contributed by atoms with Crippen molar-refractivity contribution in [3.8, 4) is 0 Å². The Morgan fingerprint density at radius 2 is 2.04 bits per heavy atom. The zero-order chi connectivity index (χ0) is 17.9. The van der Waals surface area contributed by atoms with Crippen LogP contribution in [0.3, 0.4) is 0 Å². The van der Waals surface area contributed by atoms with E-state index in [1.165, 1.54) is 18.0 Å². The van der Waals surface area contributed by atoms with Gasteiger partial charge in [-0.2, -0.15) is 0 Å². The van der Waals surface area contributed by atoms with Crippen LogP contribution in [-0.4, -0.2) is 27.0 Å². The topological polar surface area (TPSA) is 98.0 Å². The van der Waals surface area contributed by atoms with Crippen molar-refractivity contribution in [2.24, 2.45) is 5.73 Å². The van der Waals surface area contributed by atoms with Gasteiger partial charge in [0.1, 0.15) is 10.8 Å². The molecule has 2 aromatic rings. The summed E-state index contributed by atoms with van der Waals surface area (Å²) in [5.74, 6) is -0.416. The minimum atomic E-state index is -0.561. The number of carbonyl (C=O) groups is 2. The number of pyridine rings is 2. The van der Waals surface area contributed by atoms with Gasteiger partial charge in [-0.15, -0.1) is 0 Å². The fourth-order valence-corrected chi connectivity index (χ4v) is 3.27. The molecule has 2 aromatic heterocycles. The van der Waals surface area contributed by atoms with Crippen LogP contribution in [0.15, 0.2) is 29.4 Å². The van der Waals surface area contributed by atoms with E-state index in [4.69, 9.17) is 17.3 Å². The number of rotatable bonds is 5. The average molecular weight is 365 g/mol. The molecule has 6 nitrogen and oxygen atoms in total. The maximum atomic E-state index is 12.3. The summed E-state index contributed by atoms with van der Waals surface area (Å²) < 4.78 is 0. The quantitative estimate of drug-likeness (QED) is 0.795. The van der Waals surface area contributed by atoms with Crippen LogP contribution in [-0.2, 0) is 4.79 Å². The third-order valence-corrected chi connectivity index (χ3v) is 4.50. The molecule has 8 heteroatoms. The maximum Gasteiger partial charge on any atom is 0.251 e. The Morgan fingerprint density at radius 3 is 2.62 bits per heavy atom. The van der Waals surface area contributed by atoms with Gasteiger partial charge in [0.15, 0.2) is 0 Å². The number of carbonyl (C=O) groups excluding carboxylic acids is 2. The first kappa shape index (κ1) is 18.2. The van der Waals surface area contributed by atoms with Crippen molar-refractivity contribution in [2.45, 2.75) is 31.0 Å². The number of hydrogen-bond donors (Lipinski definition) is 2. The van der Waals surface area contributed by atoms with Crippen LogP contribution in [0.2, 0.25) is 5.02 Å². The number of primary amides is 1. The Morgan fingerprint density at radius 1 is 1.33 bits per heavy atom. The highest BCUT2D eigenvalue weighted by Gasteiger charge is 2.21. The molecule has 0 spiro atoms. The van der Waals surface area contributed by atoms with E-state index in [1.54, 1.807) is 32.0 Å². The fraction of sp³-hybridized carbons (Fsp3) is 0.250. The standard InChI is InChI=1S/C16H17ClN4O2S/c1-8-6-9(2)20-16(13(8)14(18)22)24-10(3)15(23)21-12-5-4-11(17)7-19-12/h4-7,10H,1-3H3,(H2,18,22)(H,19,21,23)/t10-/m0/s1. The van der Waals surface area contributed by atoms with Gasteiger partial charge in [0.25, 0.3) is 5.91 Å². The van der Waals surface area contributed by atoms with Gasteiger partial charge in [-0.05, 0) is 44.5 Å². The van der Waals surface area contributed by atoms with Crippen molar-refractivity contribution in [1.29, 1.82) is 0 Å². The Kier molecular flexibility index (Phi) is 5.80. The molecule has 0 saturated heterocycles. The third kappa shape index (κ3) is 4.46. The molecule has 0 saturated carbocycles. The van der Waals surface area contributed by atoms with E-state index in [-0.39, 0.29) is 5.91 Å². The molecule has 0 aliphatic rings. The molecule has 24 heavy (non-hydrogen) atoms. The van der Waals surface area contributed by atoms with Crippen molar-refractivity contribution in [3.63, 3.8) is 0 Å². The minimum Gasteiger partial charge on any atom is -0.366 e. The summed E-state index contributed by atoms with van der Waals surface area (Å²) in [5.41, 5.74) is 7.28. The summed E-state index contributed by atoms with van der Waals surface area (Å²) >= 11 is 6.94. The van der Waals surface area contributed by atoms with E-state index in [9.17, 15) is 9.59 Å². The highest BCUT2D eigenvalue weighted by molar-refractivity contribution is 8.00. The molecule has 0 radical (unpaired) electrons. The zero-order valence-corrected chi connectivity index (χ0v) is 15.0. The van der Waals surface area contributed by atoms with E-state index >= 15 is 0 Å². The molecule has 2 heterocycles.